The number of carbonyl (C=O) groups excluding carboxylic acids is 1. The number of hydrogen-bond donors (Lipinski definition) is 0. The van der Waals surface area contributed by atoms with E-state index < -0.39 is 14.6 Å². The second-order valence-electron chi connectivity index (χ2n) is 9.82. The van der Waals surface area contributed by atoms with Crippen molar-refractivity contribution in [1.29, 1.82) is 0 Å². The molecule has 1 aromatic carbocycles. The maximum atomic E-state index is 12.8. The Kier molecular flexibility index (Phi) is 5.96. The Labute approximate surface area is 170 Å². The second-order valence-corrected chi connectivity index (χ2v) is 12.6. The molecule has 0 aromatic heterocycles. The minimum Gasteiger partial charge on any atom is -0.342 e. The van der Waals surface area contributed by atoms with Crippen molar-refractivity contribution in [3.63, 3.8) is 0 Å². The lowest BCUT2D eigenvalue weighted by Crippen LogP contribution is -2.42. The Bertz CT molecular complexity index is 843. The number of hydrogen-bond acceptors (Lipinski definition) is 3. The summed E-state index contributed by atoms with van der Waals surface area (Å²) in [4.78, 5) is 14.7. The van der Waals surface area contributed by atoms with Gasteiger partial charge in [-0.25, -0.2) is 8.42 Å². The van der Waals surface area contributed by atoms with Crippen LogP contribution in [0.3, 0.4) is 0 Å². The summed E-state index contributed by atoms with van der Waals surface area (Å²) in [6.07, 6.45) is 4.34. The highest BCUT2D eigenvalue weighted by Gasteiger charge is 2.33. The van der Waals surface area contributed by atoms with Crippen LogP contribution in [0.25, 0.3) is 0 Å². The first-order chi connectivity index (χ1) is 13.0. The molecule has 1 aromatic rings. The number of piperidine rings is 1. The van der Waals surface area contributed by atoms with Gasteiger partial charge in [0.15, 0.2) is 9.84 Å². The van der Waals surface area contributed by atoms with Crippen LogP contribution in [0.1, 0.15) is 75.1 Å². The SMILES string of the molecule is Cc1cc(CC(=O)N2CCC(CS(=O)(=O)C(C)(C)C)CC2)cc2c1C(C)CC2. The van der Waals surface area contributed by atoms with Gasteiger partial charge in [0.2, 0.25) is 5.91 Å². The first-order valence-electron chi connectivity index (χ1n) is 10.6. The minimum absolute atomic E-state index is 0.164. The molecule has 1 aliphatic heterocycles. The topological polar surface area (TPSA) is 54.5 Å². The first kappa shape index (κ1) is 21.4. The summed E-state index contributed by atoms with van der Waals surface area (Å²) in [7, 11) is -3.10. The van der Waals surface area contributed by atoms with E-state index in [4.69, 9.17) is 0 Å². The zero-order valence-corrected chi connectivity index (χ0v) is 18.9. The molecular formula is C23H35NO3S. The van der Waals surface area contributed by atoms with Gasteiger partial charge in [0, 0.05) is 13.1 Å². The van der Waals surface area contributed by atoms with E-state index in [-0.39, 0.29) is 17.6 Å². The van der Waals surface area contributed by atoms with Gasteiger partial charge in [-0.15, -0.1) is 0 Å². The fourth-order valence-electron chi connectivity index (χ4n) is 4.68. The average molecular weight is 406 g/mol. The summed E-state index contributed by atoms with van der Waals surface area (Å²) in [5.41, 5.74) is 5.34. The number of sulfone groups is 1. The number of benzene rings is 1. The number of likely N-dealkylation sites (tertiary alicyclic amines) is 1. The van der Waals surface area contributed by atoms with E-state index >= 15 is 0 Å². The third kappa shape index (κ3) is 4.45. The van der Waals surface area contributed by atoms with Crippen LogP contribution in [-0.2, 0) is 27.5 Å². The standard InChI is InChI=1S/C23H35NO3S/c1-16-6-7-20-13-19(12-17(2)22(16)20)14-21(25)24-10-8-18(9-11-24)15-28(26,27)23(3,4)5/h12-13,16,18H,6-11,14-15H2,1-5H3. The highest BCUT2D eigenvalue weighted by molar-refractivity contribution is 7.92. The number of rotatable bonds is 4. The molecule has 0 bridgehead atoms. The molecule has 4 nitrogen and oxygen atoms in total. The zero-order chi connectivity index (χ0) is 20.7. The molecule has 0 saturated carbocycles. The highest BCUT2D eigenvalue weighted by Crippen LogP contribution is 2.36. The van der Waals surface area contributed by atoms with Crippen molar-refractivity contribution < 1.29 is 13.2 Å². The molecule has 156 valence electrons. The third-order valence-corrected chi connectivity index (χ3v) is 9.36. The Morgan fingerprint density at radius 3 is 2.39 bits per heavy atom. The molecule has 0 N–H and O–H groups in total. The molecule has 1 fully saturated rings. The number of fused-ring (bicyclic) bond motifs is 1. The molecule has 1 unspecified atom stereocenters. The predicted molar refractivity (Wildman–Crippen MR) is 114 cm³/mol. The molecular weight excluding hydrogens is 370 g/mol. The van der Waals surface area contributed by atoms with E-state index in [1.54, 1.807) is 20.8 Å². The van der Waals surface area contributed by atoms with Gasteiger partial charge in [-0.05, 0) is 87.5 Å². The monoisotopic (exact) mass is 405 g/mol. The van der Waals surface area contributed by atoms with Crippen LogP contribution in [0.4, 0.5) is 0 Å². The normalized spacial score (nSPS) is 21.0. The minimum atomic E-state index is -3.10. The van der Waals surface area contributed by atoms with Gasteiger partial charge in [0.1, 0.15) is 0 Å². The summed E-state index contributed by atoms with van der Waals surface area (Å²) in [6, 6.07) is 4.41. The van der Waals surface area contributed by atoms with Crippen molar-refractivity contribution in [2.45, 2.75) is 77.4 Å². The number of aryl methyl sites for hydroxylation is 2. The van der Waals surface area contributed by atoms with Gasteiger partial charge in [0.25, 0.3) is 0 Å². The fraction of sp³-hybridized carbons (Fsp3) is 0.696. The molecule has 5 heteroatoms. The van der Waals surface area contributed by atoms with Crippen LogP contribution in [0.2, 0.25) is 0 Å². The molecule has 0 spiro atoms. The van der Waals surface area contributed by atoms with Gasteiger partial charge in [-0.2, -0.15) is 0 Å². The third-order valence-electron chi connectivity index (χ3n) is 6.58. The summed E-state index contributed by atoms with van der Waals surface area (Å²) in [6.45, 7) is 11.1. The molecule has 1 atom stereocenters. The maximum absolute atomic E-state index is 12.8. The van der Waals surface area contributed by atoms with Crippen molar-refractivity contribution >= 4 is 15.7 Å². The Morgan fingerprint density at radius 1 is 1.14 bits per heavy atom. The second kappa shape index (κ2) is 7.81. The van der Waals surface area contributed by atoms with E-state index in [0.717, 1.165) is 24.8 Å². The lowest BCUT2D eigenvalue weighted by molar-refractivity contribution is -0.131. The summed E-state index contributed by atoms with van der Waals surface area (Å²) in [5.74, 6) is 1.20. The van der Waals surface area contributed by atoms with E-state index in [1.165, 1.54) is 23.1 Å². The molecule has 3 rings (SSSR count). The smallest absolute Gasteiger partial charge is 0.226 e. The quantitative estimate of drug-likeness (QED) is 0.760. The largest absolute Gasteiger partial charge is 0.342 e. The van der Waals surface area contributed by atoms with Gasteiger partial charge in [-0.3, -0.25) is 4.79 Å². The Balaban J connectivity index is 1.57. The number of nitrogens with zero attached hydrogens (tertiary/aromatic N) is 1. The molecule has 1 aliphatic carbocycles. The highest BCUT2D eigenvalue weighted by atomic mass is 32.2. The molecule has 28 heavy (non-hydrogen) atoms. The van der Waals surface area contributed by atoms with E-state index in [1.807, 2.05) is 4.90 Å². The maximum Gasteiger partial charge on any atom is 0.226 e. The van der Waals surface area contributed by atoms with Gasteiger partial charge >= 0.3 is 0 Å². The fourth-order valence-corrected chi connectivity index (χ4v) is 6.13. The molecule has 2 aliphatic rings. The zero-order valence-electron chi connectivity index (χ0n) is 18.0. The van der Waals surface area contributed by atoms with Crippen LogP contribution < -0.4 is 0 Å². The van der Waals surface area contributed by atoms with Crippen LogP contribution in [-0.4, -0.2) is 42.8 Å². The van der Waals surface area contributed by atoms with Crippen LogP contribution >= 0.6 is 0 Å². The Morgan fingerprint density at radius 2 is 1.79 bits per heavy atom. The van der Waals surface area contributed by atoms with Crippen LogP contribution in [0.5, 0.6) is 0 Å². The van der Waals surface area contributed by atoms with Gasteiger partial charge in [0.05, 0.1) is 16.9 Å². The number of carbonyl (C=O) groups is 1. The van der Waals surface area contributed by atoms with Crippen molar-refractivity contribution in [2.24, 2.45) is 5.92 Å². The van der Waals surface area contributed by atoms with Crippen molar-refractivity contribution in [2.75, 3.05) is 18.8 Å². The Hall–Kier alpha value is -1.36. The van der Waals surface area contributed by atoms with Gasteiger partial charge < -0.3 is 4.90 Å². The molecule has 0 radical (unpaired) electrons. The lowest BCUT2D eigenvalue weighted by Gasteiger charge is -2.33. The van der Waals surface area contributed by atoms with Crippen LogP contribution in [0, 0.1) is 12.8 Å². The van der Waals surface area contributed by atoms with E-state index in [2.05, 4.69) is 26.0 Å². The van der Waals surface area contributed by atoms with Crippen molar-refractivity contribution in [1.82, 2.24) is 4.90 Å². The lowest BCUT2D eigenvalue weighted by atomic mass is 9.94. The average Bonchev–Trinajstić information content (AvgIpc) is 2.95. The van der Waals surface area contributed by atoms with E-state index in [0.29, 0.717) is 25.4 Å². The summed E-state index contributed by atoms with van der Waals surface area (Å²) < 4.78 is 24.2. The molecule has 1 heterocycles. The number of amides is 1. The van der Waals surface area contributed by atoms with Crippen LogP contribution in [0.15, 0.2) is 12.1 Å². The van der Waals surface area contributed by atoms with Gasteiger partial charge in [-0.1, -0.05) is 19.1 Å². The summed E-state index contributed by atoms with van der Waals surface area (Å²) in [5, 5.41) is 0. The summed E-state index contributed by atoms with van der Waals surface area (Å²) >= 11 is 0. The van der Waals surface area contributed by atoms with Crippen molar-refractivity contribution in [3.05, 3.63) is 34.4 Å². The first-order valence-corrected chi connectivity index (χ1v) is 12.3. The van der Waals surface area contributed by atoms with E-state index in [9.17, 15) is 13.2 Å². The molecule has 1 saturated heterocycles. The predicted octanol–water partition coefficient (Wildman–Crippen LogP) is 4.04. The van der Waals surface area contributed by atoms with Crippen molar-refractivity contribution in [3.8, 4) is 0 Å². The molecule has 1 amide bonds.